The second-order valence-corrected chi connectivity index (χ2v) is 7.91. The number of allylic oxidation sites excluding steroid dienone is 1. The molecular weight excluding hydrogens is 340 g/mol. The van der Waals surface area contributed by atoms with Gasteiger partial charge in [0.05, 0.1) is 6.61 Å². The van der Waals surface area contributed by atoms with Gasteiger partial charge in [0.15, 0.2) is 0 Å². The number of hydrogen-bond acceptors (Lipinski definition) is 2. The van der Waals surface area contributed by atoms with E-state index in [2.05, 4.69) is 34.8 Å². The summed E-state index contributed by atoms with van der Waals surface area (Å²) in [5, 5.41) is 0. The summed E-state index contributed by atoms with van der Waals surface area (Å²) < 4.78 is 5.03. The second-order valence-electron chi connectivity index (χ2n) is 7.45. The van der Waals surface area contributed by atoms with Crippen LogP contribution in [0.2, 0.25) is 0 Å². The molecule has 2 aliphatic rings. The first kappa shape index (κ1) is 18.0. The Hall–Kier alpha value is -0.310. The van der Waals surface area contributed by atoms with E-state index in [1.54, 1.807) is 5.57 Å². The van der Waals surface area contributed by atoms with Crippen LogP contribution in [0.3, 0.4) is 0 Å². The maximum Gasteiger partial charge on any atom is 0.305 e. The quantitative estimate of drug-likeness (QED) is 0.548. The first-order valence-corrected chi connectivity index (χ1v) is 9.89. The largest absolute Gasteiger partial charge is 0.466 e. The highest BCUT2D eigenvalue weighted by atomic mass is 79.9. The summed E-state index contributed by atoms with van der Waals surface area (Å²) in [6.07, 6.45) is 9.38. The summed E-state index contributed by atoms with van der Waals surface area (Å²) in [6, 6.07) is 0. The Morgan fingerprint density at radius 3 is 2.95 bits per heavy atom. The van der Waals surface area contributed by atoms with Crippen molar-refractivity contribution in [2.45, 2.75) is 72.1 Å². The third kappa shape index (κ3) is 3.77. The van der Waals surface area contributed by atoms with Crippen molar-refractivity contribution >= 4 is 21.9 Å². The second kappa shape index (κ2) is 7.99. The molecule has 0 radical (unpaired) electrons. The highest BCUT2D eigenvalue weighted by Gasteiger charge is 2.50. The molecule has 0 N–H and O–H groups in total. The van der Waals surface area contributed by atoms with Gasteiger partial charge in [-0.05, 0) is 80.0 Å². The minimum absolute atomic E-state index is 0.0348. The van der Waals surface area contributed by atoms with E-state index in [1.807, 2.05) is 6.92 Å². The molecule has 0 aromatic rings. The highest BCUT2D eigenvalue weighted by Crippen LogP contribution is 2.59. The predicted molar refractivity (Wildman–Crippen MR) is 94.8 cm³/mol. The van der Waals surface area contributed by atoms with Crippen LogP contribution in [-0.4, -0.2) is 12.6 Å². The molecule has 2 fully saturated rings. The predicted octanol–water partition coefficient (Wildman–Crippen LogP) is 5.85. The Morgan fingerprint density at radius 2 is 2.27 bits per heavy atom. The van der Waals surface area contributed by atoms with Gasteiger partial charge in [-0.3, -0.25) is 4.79 Å². The van der Waals surface area contributed by atoms with E-state index in [9.17, 15) is 4.79 Å². The van der Waals surface area contributed by atoms with E-state index >= 15 is 0 Å². The Labute approximate surface area is 144 Å². The van der Waals surface area contributed by atoms with Gasteiger partial charge in [-0.25, -0.2) is 0 Å². The van der Waals surface area contributed by atoms with E-state index in [0.717, 1.165) is 24.7 Å². The average Bonchev–Trinajstić information content (AvgIpc) is 2.84. The summed E-state index contributed by atoms with van der Waals surface area (Å²) >= 11 is 3.59. The molecule has 4 atom stereocenters. The molecule has 0 aromatic heterocycles. The molecule has 0 saturated heterocycles. The van der Waals surface area contributed by atoms with Gasteiger partial charge in [0.2, 0.25) is 0 Å². The highest BCUT2D eigenvalue weighted by molar-refractivity contribution is 9.11. The number of fused-ring (bicyclic) bond motifs is 1. The number of carbonyl (C=O) groups excluding carboxylic acids is 1. The monoisotopic (exact) mass is 370 g/mol. The fraction of sp³-hybridized carbons (Fsp3) is 0.842. The molecular formula is C19H31BrO2. The van der Waals surface area contributed by atoms with Crippen molar-refractivity contribution in [3.8, 4) is 0 Å². The lowest BCUT2D eigenvalue weighted by Crippen LogP contribution is -2.35. The standard InChI is InChI=1S/C19H31BrO2/c1-4-22-18(21)9-5-7-14(2)16-10-11-17-15(13-20)8-6-12-19(16,17)3/h13-14,16-17H,4-12H2,1-3H3/b15-13+/t14-,16-,17+,19-/m1/s1. The summed E-state index contributed by atoms with van der Waals surface area (Å²) in [5.74, 6) is 2.26. The Bertz CT molecular complexity index is 418. The van der Waals surface area contributed by atoms with Crippen LogP contribution in [-0.2, 0) is 9.53 Å². The molecule has 0 aromatic carbocycles. The summed E-state index contributed by atoms with van der Waals surface area (Å²) in [4.78, 5) is 13.7. The van der Waals surface area contributed by atoms with Gasteiger partial charge in [0.1, 0.15) is 0 Å². The number of halogens is 1. The molecule has 0 aliphatic heterocycles. The van der Waals surface area contributed by atoms with Crippen LogP contribution < -0.4 is 0 Å². The van der Waals surface area contributed by atoms with Crippen molar-refractivity contribution in [3.05, 3.63) is 10.6 Å². The number of carbonyl (C=O) groups is 1. The van der Waals surface area contributed by atoms with Crippen LogP contribution in [0.15, 0.2) is 10.6 Å². The van der Waals surface area contributed by atoms with Crippen LogP contribution in [0.5, 0.6) is 0 Å². The van der Waals surface area contributed by atoms with Crippen molar-refractivity contribution in [1.29, 1.82) is 0 Å². The normalized spacial score (nSPS) is 34.5. The molecule has 0 spiro atoms. The van der Waals surface area contributed by atoms with Crippen LogP contribution in [0, 0.1) is 23.2 Å². The molecule has 2 nitrogen and oxygen atoms in total. The van der Waals surface area contributed by atoms with Crippen LogP contribution in [0.1, 0.15) is 72.1 Å². The van der Waals surface area contributed by atoms with Crippen molar-refractivity contribution in [3.63, 3.8) is 0 Å². The van der Waals surface area contributed by atoms with Gasteiger partial charge in [-0.1, -0.05) is 35.4 Å². The third-order valence-electron chi connectivity index (χ3n) is 6.21. The Balaban J connectivity index is 1.90. The molecule has 22 heavy (non-hydrogen) atoms. The fourth-order valence-corrected chi connectivity index (χ4v) is 5.70. The third-order valence-corrected chi connectivity index (χ3v) is 6.80. The van der Waals surface area contributed by atoms with Gasteiger partial charge in [0, 0.05) is 6.42 Å². The van der Waals surface area contributed by atoms with Gasteiger partial charge in [-0.2, -0.15) is 0 Å². The summed E-state index contributed by atoms with van der Waals surface area (Å²) in [5.41, 5.74) is 2.11. The van der Waals surface area contributed by atoms with Crippen molar-refractivity contribution in [1.82, 2.24) is 0 Å². The van der Waals surface area contributed by atoms with E-state index in [-0.39, 0.29) is 5.97 Å². The SMILES string of the molecule is CCOC(=O)CCC[C@@H](C)[C@H]1CC[C@H]2/C(=C/Br)CCC[C@]12C. The van der Waals surface area contributed by atoms with Crippen LogP contribution >= 0.6 is 15.9 Å². The van der Waals surface area contributed by atoms with Crippen molar-refractivity contribution < 1.29 is 9.53 Å². The summed E-state index contributed by atoms with van der Waals surface area (Å²) in [7, 11) is 0. The van der Waals surface area contributed by atoms with Gasteiger partial charge in [0.25, 0.3) is 0 Å². The molecule has 126 valence electrons. The topological polar surface area (TPSA) is 26.3 Å². The lowest BCUT2D eigenvalue weighted by molar-refractivity contribution is -0.143. The molecule has 3 heteroatoms. The first-order valence-electron chi connectivity index (χ1n) is 8.97. The van der Waals surface area contributed by atoms with Gasteiger partial charge in [-0.15, -0.1) is 0 Å². The molecule has 2 aliphatic carbocycles. The minimum atomic E-state index is -0.0348. The Morgan fingerprint density at radius 1 is 1.50 bits per heavy atom. The molecule has 2 saturated carbocycles. The zero-order valence-electron chi connectivity index (χ0n) is 14.4. The number of ether oxygens (including phenoxy) is 1. The van der Waals surface area contributed by atoms with Gasteiger partial charge >= 0.3 is 5.97 Å². The number of esters is 1. The zero-order valence-corrected chi connectivity index (χ0v) is 16.0. The average molecular weight is 371 g/mol. The minimum Gasteiger partial charge on any atom is -0.466 e. The maximum absolute atomic E-state index is 11.5. The zero-order chi connectivity index (χ0) is 16.2. The van der Waals surface area contributed by atoms with E-state index in [4.69, 9.17) is 4.74 Å². The summed E-state index contributed by atoms with van der Waals surface area (Å²) in [6.45, 7) is 7.29. The Kier molecular flexibility index (Phi) is 6.55. The molecule has 0 amide bonds. The van der Waals surface area contributed by atoms with E-state index in [1.165, 1.54) is 32.1 Å². The van der Waals surface area contributed by atoms with Gasteiger partial charge < -0.3 is 4.74 Å². The fourth-order valence-electron chi connectivity index (χ4n) is 5.15. The molecule has 0 unspecified atom stereocenters. The van der Waals surface area contributed by atoms with Crippen LogP contribution in [0.4, 0.5) is 0 Å². The smallest absolute Gasteiger partial charge is 0.305 e. The number of hydrogen-bond donors (Lipinski definition) is 0. The first-order chi connectivity index (χ1) is 10.5. The lowest BCUT2D eigenvalue weighted by Gasteiger charge is -2.44. The molecule has 0 heterocycles. The van der Waals surface area contributed by atoms with Crippen molar-refractivity contribution in [2.75, 3.05) is 6.61 Å². The maximum atomic E-state index is 11.5. The molecule has 2 rings (SSSR count). The lowest BCUT2D eigenvalue weighted by atomic mass is 9.61. The van der Waals surface area contributed by atoms with E-state index in [0.29, 0.717) is 24.4 Å². The van der Waals surface area contributed by atoms with E-state index < -0.39 is 0 Å². The molecule has 0 bridgehead atoms. The number of rotatable bonds is 6. The van der Waals surface area contributed by atoms with Crippen LogP contribution in [0.25, 0.3) is 0 Å². The van der Waals surface area contributed by atoms with Crippen molar-refractivity contribution in [2.24, 2.45) is 23.2 Å².